The lowest BCUT2D eigenvalue weighted by molar-refractivity contribution is -0.224. The van der Waals surface area contributed by atoms with Crippen molar-refractivity contribution in [2.45, 2.75) is 45.1 Å². The van der Waals surface area contributed by atoms with Crippen molar-refractivity contribution < 1.29 is 22.6 Å². The van der Waals surface area contributed by atoms with Gasteiger partial charge in [-0.3, -0.25) is 0 Å². The summed E-state index contributed by atoms with van der Waals surface area (Å²) in [5, 5.41) is 8.66. The molecule has 1 aromatic carbocycles. The van der Waals surface area contributed by atoms with Gasteiger partial charge in [0.15, 0.2) is 0 Å². The smallest absolute Gasteiger partial charge is 0.400 e. The van der Waals surface area contributed by atoms with Gasteiger partial charge in [0, 0.05) is 19.3 Å². The fourth-order valence-electron chi connectivity index (χ4n) is 2.95. The van der Waals surface area contributed by atoms with Crippen molar-refractivity contribution in [2.24, 2.45) is 11.8 Å². The lowest BCUT2D eigenvalue weighted by atomic mass is 9.81. The number of halogens is 3. The first kappa shape index (κ1) is 18.6. The largest absolute Gasteiger partial charge is 0.432 e. The fourth-order valence-corrected chi connectivity index (χ4v) is 2.95. The minimum atomic E-state index is -3.35. The molecule has 132 valence electrons. The lowest BCUT2D eigenvalue weighted by Crippen LogP contribution is -2.37. The Labute approximate surface area is 140 Å². The minimum Gasteiger partial charge on any atom is -0.432 e. The second-order valence-electron chi connectivity index (χ2n) is 6.21. The Morgan fingerprint density at radius 1 is 1.25 bits per heavy atom. The van der Waals surface area contributed by atoms with Gasteiger partial charge >= 0.3 is 6.11 Å². The molecule has 0 unspecified atom stereocenters. The standard InChI is InChI=1S/C18H22F3NO2/c1-2-9-23-12-13-3-6-15(7-4-13)18(20,21)24-16-8-5-14(11-22)17(19)10-16/h5,8,10,13,15H,2-4,6-7,9,12H2,1H3. The zero-order chi connectivity index (χ0) is 17.6. The van der Waals surface area contributed by atoms with Gasteiger partial charge < -0.3 is 9.47 Å². The van der Waals surface area contributed by atoms with E-state index in [2.05, 4.69) is 0 Å². The normalized spacial score (nSPS) is 21.3. The molecule has 6 heteroatoms. The number of ether oxygens (including phenoxy) is 2. The zero-order valence-corrected chi connectivity index (χ0v) is 13.7. The third-order valence-corrected chi connectivity index (χ3v) is 4.34. The van der Waals surface area contributed by atoms with E-state index in [1.807, 2.05) is 6.92 Å². The molecule has 1 aliphatic carbocycles. The van der Waals surface area contributed by atoms with Crippen molar-refractivity contribution in [3.8, 4) is 11.8 Å². The molecule has 0 amide bonds. The monoisotopic (exact) mass is 341 g/mol. The van der Waals surface area contributed by atoms with Crippen LogP contribution in [0.15, 0.2) is 18.2 Å². The number of nitriles is 1. The molecule has 1 aliphatic rings. The van der Waals surface area contributed by atoms with Crippen LogP contribution in [0.4, 0.5) is 13.2 Å². The molecule has 0 heterocycles. The first-order chi connectivity index (χ1) is 11.5. The van der Waals surface area contributed by atoms with Crippen LogP contribution in [0.25, 0.3) is 0 Å². The van der Waals surface area contributed by atoms with Crippen molar-refractivity contribution in [2.75, 3.05) is 13.2 Å². The van der Waals surface area contributed by atoms with Crippen molar-refractivity contribution in [3.05, 3.63) is 29.6 Å². The van der Waals surface area contributed by atoms with E-state index >= 15 is 0 Å². The van der Waals surface area contributed by atoms with Crippen LogP contribution in [-0.2, 0) is 4.74 Å². The summed E-state index contributed by atoms with van der Waals surface area (Å²) in [6.45, 7) is 3.35. The Hall–Kier alpha value is -1.74. The van der Waals surface area contributed by atoms with E-state index in [1.54, 1.807) is 6.07 Å². The summed E-state index contributed by atoms with van der Waals surface area (Å²) >= 11 is 0. The van der Waals surface area contributed by atoms with Crippen LogP contribution >= 0.6 is 0 Å². The Morgan fingerprint density at radius 2 is 1.96 bits per heavy atom. The van der Waals surface area contributed by atoms with E-state index < -0.39 is 17.8 Å². The highest BCUT2D eigenvalue weighted by molar-refractivity contribution is 5.36. The van der Waals surface area contributed by atoms with E-state index in [9.17, 15) is 13.2 Å². The fraction of sp³-hybridized carbons (Fsp3) is 0.611. The number of benzene rings is 1. The molecule has 3 nitrogen and oxygen atoms in total. The van der Waals surface area contributed by atoms with Crippen LogP contribution < -0.4 is 4.74 Å². The first-order valence-corrected chi connectivity index (χ1v) is 8.30. The summed E-state index contributed by atoms with van der Waals surface area (Å²) in [7, 11) is 0. The molecule has 0 spiro atoms. The van der Waals surface area contributed by atoms with Crippen LogP contribution in [0.1, 0.15) is 44.6 Å². The Balaban J connectivity index is 1.89. The van der Waals surface area contributed by atoms with Gasteiger partial charge in [0.2, 0.25) is 0 Å². The molecule has 0 bridgehead atoms. The van der Waals surface area contributed by atoms with Gasteiger partial charge in [-0.05, 0) is 50.2 Å². The van der Waals surface area contributed by atoms with Crippen LogP contribution in [0.5, 0.6) is 5.75 Å². The zero-order valence-electron chi connectivity index (χ0n) is 13.7. The molecule has 0 aromatic heterocycles. The summed E-state index contributed by atoms with van der Waals surface area (Å²) in [6, 6.07) is 4.81. The van der Waals surface area contributed by atoms with E-state index in [4.69, 9.17) is 14.7 Å². The number of hydrogen-bond donors (Lipinski definition) is 0. The van der Waals surface area contributed by atoms with Crippen molar-refractivity contribution in [1.29, 1.82) is 5.26 Å². The predicted molar refractivity (Wildman–Crippen MR) is 83.2 cm³/mol. The predicted octanol–water partition coefficient (Wildman–Crippen LogP) is 4.90. The molecule has 2 rings (SSSR count). The van der Waals surface area contributed by atoms with Crippen LogP contribution in [-0.4, -0.2) is 19.3 Å². The molecular formula is C18H22F3NO2. The number of rotatable bonds is 7. The Kier molecular flexibility index (Phi) is 6.50. The summed E-state index contributed by atoms with van der Waals surface area (Å²) < 4.78 is 52.3. The number of hydrogen-bond acceptors (Lipinski definition) is 3. The minimum absolute atomic E-state index is 0.196. The van der Waals surface area contributed by atoms with Gasteiger partial charge in [0.1, 0.15) is 17.6 Å². The van der Waals surface area contributed by atoms with Crippen LogP contribution in [0.3, 0.4) is 0 Å². The summed E-state index contributed by atoms with van der Waals surface area (Å²) in [5.74, 6) is -1.69. The topological polar surface area (TPSA) is 42.2 Å². The SMILES string of the molecule is CCCOCC1CCC(C(F)(F)Oc2ccc(C#N)c(F)c2)CC1. The third-order valence-electron chi connectivity index (χ3n) is 4.34. The number of alkyl halides is 2. The van der Waals surface area contributed by atoms with Crippen molar-refractivity contribution >= 4 is 0 Å². The van der Waals surface area contributed by atoms with Crippen molar-refractivity contribution in [1.82, 2.24) is 0 Å². The van der Waals surface area contributed by atoms with E-state index in [0.717, 1.165) is 18.6 Å². The summed E-state index contributed by atoms with van der Waals surface area (Å²) in [6.07, 6.45) is -0.347. The molecule has 0 saturated heterocycles. The molecule has 1 saturated carbocycles. The van der Waals surface area contributed by atoms with Gasteiger partial charge in [0.25, 0.3) is 0 Å². The molecule has 0 aliphatic heterocycles. The maximum absolute atomic E-state index is 14.3. The van der Waals surface area contributed by atoms with Gasteiger partial charge in [-0.2, -0.15) is 14.0 Å². The van der Waals surface area contributed by atoms with Gasteiger partial charge in [-0.15, -0.1) is 0 Å². The van der Waals surface area contributed by atoms with E-state index in [-0.39, 0.29) is 11.3 Å². The average Bonchev–Trinajstić information content (AvgIpc) is 2.55. The molecule has 0 N–H and O–H groups in total. The van der Waals surface area contributed by atoms with Gasteiger partial charge in [-0.25, -0.2) is 4.39 Å². The highest BCUT2D eigenvalue weighted by Gasteiger charge is 2.44. The number of nitrogens with zero attached hydrogens (tertiary/aromatic N) is 1. The highest BCUT2D eigenvalue weighted by Crippen LogP contribution is 2.40. The molecule has 24 heavy (non-hydrogen) atoms. The molecule has 1 fully saturated rings. The van der Waals surface area contributed by atoms with Crippen LogP contribution in [0.2, 0.25) is 0 Å². The van der Waals surface area contributed by atoms with Gasteiger partial charge in [0.05, 0.1) is 11.5 Å². The Morgan fingerprint density at radius 3 is 2.54 bits per heavy atom. The molecule has 0 radical (unpaired) electrons. The lowest BCUT2D eigenvalue weighted by Gasteiger charge is -2.33. The van der Waals surface area contributed by atoms with Crippen LogP contribution in [0, 0.1) is 29.0 Å². The molecule has 1 aromatic rings. The second kappa shape index (κ2) is 8.39. The van der Waals surface area contributed by atoms with E-state index in [1.165, 1.54) is 6.07 Å². The first-order valence-electron chi connectivity index (χ1n) is 8.30. The second-order valence-corrected chi connectivity index (χ2v) is 6.21. The van der Waals surface area contributed by atoms with Crippen molar-refractivity contribution in [3.63, 3.8) is 0 Å². The highest BCUT2D eigenvalue weighted by atomic mass is 19.3. The van der Waals surface area contributed by atoms with Gasteiger partial charge in [-0.1, -0.05) is 6.92 Å². The quantitative estimate of drug-likeness (QED) is 0.662. The molecular weight excluding hydrogens is 319 g/mol. The molecule has 0 atom stereocenters. The third kappa shape index (κ3) is 4.88. The summed E-state index contributed by atoms with van der Waals surface area (Å²) in [5.41, 5.74) is -0.196. The maximum atomic E-state index is 14.3. The average molecular weight is 341 g/mol. The maximum Gasteiger partial charge on any atom is 0.400 e. The summed E-state index contributed by atoms with van der Waals surface area (Å²) in [4.78, 5) is 0. The van der Waals surface area contributed by atoms with E-state index in [0.29, 0.717) is 44.8 Å². The Bertz CT molecular complexity index is 578.